The number of nitrogens with one attached hydrogen (secondary N) is 1. The Morgan fingerprint density at radius 2 is 1.97 bits per heavy atom. The summed E-state index contributed by atoms with van der Waals surface area (Å²) in [6, 6.07) is 6.42. The van der Waals surface area contributed by atoms with Gasteiger partial charge in [-0.2, -0.15) is 0 Å². The number of hydrogen-bond acceptors (Lipinski definition) is 8. The Kier molecular flexibility index (Phi) is 7.04. The molecule has 10 heteroatoms. The van der Waals surface area contributed by atoms with Gasteiger partial charge in [0.2, 0.25) is 0 Å². The lowest BCUT2D eigenvalue weighted by atomic mass is 10.2. The van der Waals surface area contributed by atoms with Crippen LogP contribution in [0.4, 0.5) is 22.1 Å². The third-order valence-corrected chi connectivity index (χ3v) is 4.57. The Labute approximate surface area is 169 Å². The van der Waals surface area contributed by atoms with E-state index in [2.05, 4.69) is 20.2 Å². The van der Waals surface area contributed by atoms with E-state index in [0.717, 1.165) is 13.1 Å². The molecular weight excluding hydrogens is 376 g/mol. The summed E-state index contributed by atoms with van der Waals surface area (Å²) in [4.78, 5) is 25.0. The number of anilines is 3. The fourth-order valence-corrected chi connectivity index (χ4v) is 3.00. The van der Waals surface area contributed by atoms with Gasteiger partial charge in [0.25, 0.3) is 0 Å². The van der Waals surface area contributed by atoms with Crippen LogP contribution in [0.2, 0.25) is 0 Å². The van der Waals surface area contributed by atoms with Crippen molar-refractivity contribution in [2.45, 2.75) is 0 Å². The molecule has 0 radical (unpaired) electrons. The number of carbonyl (C=O) groups is 1. The first-order valence-electron chi connectivity index (χ1n) is 9.29. The molecular formula is C19H26N6O4. The second-order valence-electron chi connectivity index (χ2n) is 6.41. The molecule has 29 heavy (non-hydrogen) atoms. The van der Waals surface area contributed by atoms with Gasteiger partial charge in [-0.05, 0) is 12.1 Å². The van der Waals surface area contributed by atoms with Crippen LogP contribution < -0.4 is 25.4 Å². The number of urea groups is 1. The van der Waals surface area contributed by atoms with Crippen molar-refractivity contribution in [1.29, 1.82) is 0 Å². The van der Waals surface area contributed by atoms with Gasteiger partial charge in [0.1, 0.15) is 18.0 Å². The third-order valence-electron chi connectivity index (χ3n) is 4.57. The van der Waals surface area contributed by atoms with Crippen LogP contribution in [0.5, 0.6) is 11.5 Å². The summed E-state index contributed by atoms with van der Waals surface area (Å²) in [6.45, 7) is 4.17. The molecule has 1 aromatic heterocycles. The minimum Gasteiger partial charge on any atom is -0.493 e. The molecule has 1 saturated heterocycles. The minimum atomic E-state index is -0.330. The van der Waals surface area contributed by atoms with Crippen LogP contribution in [-0.4, -0.2) is 74.5 Å². The second kappa shape index (κ2) is 9.89. The topological polar surface area (TPSA) is 115 Å². The molecule has 0 unspecified atom stereocenters. The summed E-state index contributed by atoms with van der Waals surface area (Å²) in [5.74, 6) is 1.84. The van der Waals surface area contributed by atoms with Crippen LogP contribution in [-0.2, 0) is 4.74 Å². The number of morpholine rings is 1. The zero-order chi connectivity index (χ0) is 20.6. The van der Waals surface area contributed by atoms with Crippen molar-refractivity contribution in [2.24, 2.45) is 0 Å². The van der Waals surface area contributed by atoms with E-state index in [4.69, 9.17) is 19.9 Å². The van der Waals surface area contributed by atoms with E-state index in [1.807, 2.05) is 0 Å². The Balaban J connectivity index is 1.76. The van der Waals surface area contributed by atoms with Crippen molar-refractivity contribution < 1.29 is 19.0 Å². The first kappa shape index (κ1) is 20.6. The summed E-state index contributed by atoms with van der Waals surface area (Å²) in [5, 5.41) is 2.88. The summed E-state index contributed by atoms with van der Waals surface area (Å²) in [6.07, 6.45) is 1.34. The molecule has 0 atom stereocenters. The summed E-state index contributed by atoms with van der Waals surface area (Å²) in [7, 11) is 3.10. The van der Waals surface area contributed by atoms with Crippen molar-refractivity contribution in [1.82, 2.24) is 14.9 Å². The van der Waals surface area contributed by atoms with Gasteiger partial charge in [0.05, 0.1) is 27.4 Å². The molecule has 0 aliphatic carbocycles. The number of aromatic nitrogens is 2. The lowest BCUT2D eigenvalue weighted by Gasteiger charge is -2.29. The van der Waals surface area contributed by atoms with Crippen LogP contribution in [0.15, 0.2) is 30.6 Å². The van der Waals surface area contributed by atoms with E-state index in [1.165, 1.54) is 6.33 Å². The highest BCUT2D eigenvalue weighted by molar-refractivity contribution is 6.01. The van der Waals surface area contributed by atoms with E-state index < -0.39 is 0 Å². The molecule has 2 amide bonds. The SMILES string of the molecule is COc1ccc(NC(=O)N(CCN2CCOCC2)c2cc(N)ncn2)cc1OC. The molecule has 1 aliphatic rings. The predicted molar refractivity (Wildman–Crippen MR) is 110 cm³/mol. The number of nitrogen functional groups attached to an aromatic ring is 1. The van der Waals surface area contributed by atoms with E-state index in [0.29, 0.717) is 55.1 Å². The standard InChI is InChI=1S/C19H26N6O4/c1-27-15-4-3-14(11-16(15)28-2)23-19(26)25(18-12-17(20)21-13-22-18)6-5-24-7-9-29-10-8-24/h3-4,11-13H,5-10H2,1-2H3,(H,23,26)(H2,20,21,22). The van der Waals surface area contributed by atoms with Gasteiger partial charge in [-0.3, -0.25) is 9.80 Å². The molecule has 1 fully saturated rings. The Hall–Kier alpha value is -3.11. The number of ether oxygens (including phenoxy) is 3. The van der Waals surface area contributed by atoms with E-state index in [-0.39, 0.29) is 6.03 Å². The third kappa shape index (κ3) is 5.46. The zero-order valence-electron chi connectivity index (χ0n) is 16.6. The van der Waals surface area contributed by atoms with Crippen LogP contribution >= 0.6 is 0 Å². The molecule has 10 nitrogen and oxygen atoms in total. The molecule has 3 rings (SSSR count). The highest BCUT2D eigenvalue weighted by atomic mass is 16.5. The van der Waals surface area contributed by atoms with Crippen LogP contribution in [0.1, 0.15) is 0 Å². The van der Waals surface area contributed by atoms with Gasteiger partial charge in [-0.15, -0.1) is 0 Å². The summed E-state index contributed by atoms with van der Waals surface area (Å²) < 4.78 is 15.9. The van der Waals surface area contributed by atoms with Crippen molar-refractivity contribution in [3.63, 3.8) is 0 Å². The van der Waals surface area contributed by atoms with Crippen molar-refractivity contribution in [3.05, 3.63) is 30.6 Å². The number of methoxy groups -OCH3 is 2. The smallest absolute Gasteiger partial charge is 0.327 e. The van der Waals surface area contributed by atoms with E-state index in [9.17, 15) is 4.79 Å². The van der Waals surface area contributed by atoms with Crippen molar-refractivity contribution >= 4 is 23.4 Å². The Bertz CT molecular complexity index is 828. The molecule has 0 bridgehead atoms. The fourth-order valence-electron chi connectivity index (χ4n) is 3.00. The number of nitrogens with two attached hydrogens (primary N) is 1. The molecule has 156 valence electrons. The Morgan fingerprint density at radius 3 is 2.66 bits per heavy atom. The lowest BCUT2D eigenvalue weighted by Crippen LogP contribution is -2.44. The highest BCUT2D eigenvalue weighted by Crippen LogP contribution is 2.30. The predicted octanol–water partition coefficient (Wildman–Crippen LogP) is 1.45. The fraction of sp³-hybridized carbons (Fsp3) is 0.421. The quantitative estimate of drug-likeness (QED) is 0.715. The van der Waals surface area contributed by atoms with Gasteiger partial charge >= 0.3 is 6.03 Å². The molecule has 1 aromatic carbocycles. The van der Waals surface area contributed by atoms with Crippen LogP contribution in [0.3, 0.4) is 0 Å². The van der Waals surface area contributed by atoms with Gasteiger partial charge < -0.3 is 25.3 Å². The number of carbonyl (C=O) groups excluding carboxylic acids is 1. The first-order valence-corrected chi connectivity index (χ1v) is 9.29. The van der Waals surface area contributed by atoms with Crippen LogP contribution in [0.25, 0.3) is 0 Å². The second-order valence-corrected chi connectivity index (χ2v) is 6.41. The van der Waals surface area contributed by atoms with Gasteiger partial charge in [-0.25, -0.2) is 14.8 Å². The van der Waals surface area contributed by atoms with Crippen LogP contribution in [0, 0.1) is 0 Å². The number of hydrogen-bond donors (Lipinski definition) is 2. The summed E-state index contributed by atoms with van der Waals surface area (Å²) in [5.41, 5.74) is 6.37. The van der Waals surface area contributed by atoms with E-state index >= 15 is 0 Å². The van der Waals surface area contributed by atoms with Crippen molar-refractivity contribution in [2.75, 3.05) is 69.6 Å². The molecule has 1 aliphatic heterocycles. The molecule has 0 saturated carbocycles. The average molecular weight is 402 g/mol. The number of rotatable bonds is 7. The van der Waals surface area contributed by atoms with Gasteiger partial charge in [0.15, 0.2) is 11.5 Å². The molecule has 3 N–H and O–H groups in total. The largest absolute Gasteiger partial charge is 0.493 e. The highest BCUT2D eigenvalue weighted by Gasteiger charge is 2.20. The zero-order valence-corrected chi connectivity index (χ0v) is 16.6. The first-order chi connectivity index (χ1) is 14.1. The number of amides is 2. The maximum atomic E-state index is 13.0. The van der Waals surface area contributed by atoms with Gasteiger partial charge in [-0.1, -0.05) is 0 Å². The maximum absolute atomic E-state index is 13.0. The summed E-state index contributed by atoms with van der Waals surface area (Å²) >= 11 is 0. The molecule has 2 aromatic rings. The van der Waals surface area contributed by atoms with E-state index in [1.54, 1.807) is 43.4 Å². The monoisotopic (exact) mass is 402 g/mol. The average Bonchev–Trinajstić information content (AvgIpc) is 2.74. The lowest BCUT2D eigenvalue weighted by molar-refractivity contribution is 0.0393. The minimum absolute atomic E-state index is 0.297. The van der Waals surface area contributed by atoms with Crippen molar-refractivity contribution in [3.8, 4) is 11.5 Å². The maximum Gasteiger partial charge on any atom is 0.327 e. The number of benzene rings is 1. The normalized spacial score (nSPS) is 14.3. The molecule has 2 heterocycles. The number of nitrogens with zero attached hydrogens (tertiary/aromatic N) is 4. The Morgan fingerprint density at radius 1 is 1.21 bits per heavy atom. The van der Waals surface area contributed by atoms with Gasteiger partial charge in [0, 0.05) is 44.0 Å². The molecule has 0 spiro atoms.